The fourth-order valence-electron chi connectivity index (χ4n) is 2.79. The van der Waals surface area contributed by atoms with E-state index in [-0.39, 0.29) is 28.8 Å². The molecule has 0 aliphatic rings. The van der Waals surface area contributed by atoms with E-state index in [1.165, 1.54) is 0 Å². The van der Waals surface area contributed by atoms with Crippen LogP contribution in [-0.2, 0) is 29.2 Å². The number of aryl methyl sites for hydroxylation is 1. The van der Waals surface area contributed by atoms with Gasteiger partial charge in [-0.1, -0.05) is 41.6 Å². The molecule has 0 saturated carbocycles. The van der Waals surface area contributed by atoms with Crippen LogP contribution >= 0.6 is 23.4 Å². The lowest BCUT2D eigenvalue weighted by atomic mass is 10.2. The van der Waals surface area contributed by atoms with Crippen molar-refractivity contribution < 1.29 is 22.8 Å². The van der Waals surface area contributed by atoms with Gasteiger partial charge in [-0.2, -0.15) is 13.2 Å². The summed E-state index contributed by atoms with van der Waals surface area (Å²) in [7, 11) is 1.65. The van der Waals surface area contributed by atoms with Gasteiger partial charge in [-0.3, -0.25) is 9.59 Å². The molecule has 2 amide bonds. The molecule has 2 N–H and O–H groups in total. The molecule has 0 bridgehead atoms. The van der Waals surface area contributed by atoms with Crippen molar-refractivity contribution in [2.24, 2.45) is 7.05 Å². The Kier molecular flexibility index (Phi) is 7.65. The number of para-hydroxylation sites is 1. The quantitative estimate of drug-likeness (QED) is 0.462. The lowest BCUT2D eigenvalue weighted by molar-refractivity contribution is -0.137. The van der Waals surface area contributed by atoms with E-state index in [0.717, 1.165) is 35.5 Å². The third-order valence-electron chi connectivity index (χ3n) is 4.56. The molecular formula is C21H19ClF3N5O2S. The summed E-state index contributed by atoms with van der Waals surface area (Å²) in [5.41, 5.74) is 0.566. The number of hydrogen-bond donors (Lipinski definition) is 2. The minimum Gasteiger partial charge on any atom is -0.325 e. The third kappa shape index (κ3) is 6.48. The van der Waals surface area contributed by atoms with Crippen molar-refractivity contribution in [2.45, 2.75) is 24.7 Å². The number of amides is 2. The summed E-state index contributed by atoms with van der Waals surface area (Å²) in [6, 6.07) is 10.0. The number of aromatic nitrogens is 3. The van der Waals surface area contributed by atoms with E-state index < -0.39 is 17.6 Å². The molecule has 0 aliphatic carbocycles. The molecule has 12 heteroatoms. The molecule has 1 heterocycles. The van der Waals surface area contributed by atoms with Gasteiger partial charge < -0.3 is 15.2 Å². The largest absolute Gasteiger partial charge is 0.416 e. The Bertz CT molecular complexity index is 1180. The molecule has 3 aromatic rings. The monoisotopic (exact) mass is 497 g/mol. The first-order chi connectivity index (χ1) is 15.5. The first kappa shape index (κ1) is 24.6. The molecule has 33 heavy (non-hydrogen) atoms. The molecule has 0 saturated heterocycles. The summed E-state index contributed by atoms with van der Waals surface area (Å²) in [5.74, 6) is -0.588. The van der Waals surface area contributed by atoms with Gasteiger partial charge in [0.1, 0.15) is 5.82 Å². The first-order valence-electron chi connectivity index (χ1n) is 9.57. The van der Waals surface area contributed by atoms with Crippen LogP contribution in [0.1, 0.15) is 17.0 Å². The van der Waals surface area contributed by atoms with Gasteiger partial charge in [0, 0.05) is 12.7 Å². The number of nitrogens with one attached hydrogen (secondary N) is 2. The normalized spacial score (nSPS) is 11.3. The van der Waals surface area contributed by atoms with Crippen molar-refractivity contribution in [3.8, 4) is 0 Å². The number of carbonyl (C=O) groups excluding carboxylic acids is 2. The molecule has 0 fully saturated rings. The highest BCUT2D eigenvalue weighted by Gasteiger charge is 2.31. The molecule has 0 radical (unpaired) electrons. The second-order valence-corrected chi connectivity index (χ2v) is 8.38. The predicted molar refractivity (Wildman–Crippen MR) is 120 cm³/mol. The summed E-state index contributed by atoms with van der Waals surface area (Å²) in [4.78, 5) is 24.6. The maximum atomic E-state index is 12.9. The molecule has 0 unspecified atom stereocenters. The lowest BCUT2D eigenvalue weighted by Crippen LogP contribution is -2.18. The number of alkyl halides is 3. The third-order valence-corrected chi connectivity index (χ3v) is 5.91. The molecule has 174 valence electrons. The van der Waals surface area contributed by atoms with Crippen LogP contribution in [0.15, 0.2) is 47.6 Å². The summed E-state index contributed by atoms with van der Waals surface area (Å²) >= 11 is 6.92. The van der Waals surface area contributed by atoms with E-state index in [4.69, 9.17) is 11.6 Å². The summed E-state index contributed by atoms with van der Waals surface area (Å²) in [6.07, 6.45) is -4.58. The molecule has 0 spiro atoms. The Balaban J connectivity index is 1.58. The minimum absolute atomic E-state index is 0.0121. The Labute approximate surface area is 196 Å². The number of nitrogens with zero attached hydrogens (tertiary/aromatic N) is 3. The number of carbonyl (C=O) groups is 2. The SMILES string of the molecule is Cc1ccccc1NC(=O)Cc1nnc(SCC(=O)Nc2cc(C(F)(F)F)ccc2Cl)n1C. The van der Waals surface area contributed by atoms with Gasteiger partial charge in [-0.05, 0) is 36.8 Å². The van der Waals surface area contributed by atoms with Gasteiger partial charge in [0.25, 0.3) is 0 Å². The Morgan fingerprint density at radius 2 is 1.76 bits per heavy atom. The average molecular weight is 498 g/mol. The summed E-state index contributed by atoms with van der Waals surface area (Å²) in [6.45, 7) is 1.88. The second-order valence-electron chi connectivity index (χ2n) is 7.03. The second kappa shape index (κ2) is 10.3. The van der Waals surface area contributed by atoms with E-state index in [1.54, 1.807) is 17.7 Å². The molecule has 3 rings (SSSR count). The molecule has 2 aromatic carbocycles. The highest BCUT2D eigenvalue weighted by molar-refractivity contribution is 7.99. The van der Waals surface area contributed by atoms with Crippen molar-refractivity contribution in [3.63, 3.8) is 0 Å². The van der Waals surface area contributed by atoms with E-state index in [2.05, 4.69) is 20.8 Å². The van der Waals surface area contributed by atoms with Gasteiger partial charge in [-0.15, -0.1) is 10.2 Å². The van der Waals surface area contributed by atoms with Crippen LogP contribution in [0.3, 0.4) is 0 Å². The van der Waals surface area contributed by atoms with Crippen LogP contribution in [0, 0.1) is 6.92 Å². The number of benzene rings is 2. The van der Waals surface area contributed by atoms with Crippen LogP contribution in [0.5, 0.6) is 0 Å². The maximum absolute atomic E-state index is 12.9. The van der Waals surface area contributed by atoms with Crippen molar-refractivity contribution in [3.05, 3.63) is 64.4 Å². The first-order valence-corrected chi connectivity index (χ1v) is 10.9. The smallest absolute Gasteiger partial charge is 0.325 e. The van der Waals surface area contributed by atoms with Crippen LogP contribution < -0.4 is 10.6 Å². The molecule has 0 atom stereocenters. The zero-order valence-electron chi connectivity index (χ0n) is 17.5. The van der Waals surface area contributed by atoms with Gasteiger partial charge in [0.2, 0.25) is 11.8 Å². The van der Waals surface area contributed by atoms with Crippen LogP contribution in [0.4, 0.5) is 24.5 Å². The van der Waals surface area contributed by atoms with E-state index in [1.807, 2.05) is 25.1 Å². The van der Waals surface area contributed by atoms with E-state index in [0.29, 0.717) is 16.7 Å². The zero-order valence-corrected chi connectivity index (χ0v) is 19.1. The van der Waals surface area contributed by atoms with Crippen LogP contribution in [0.25, 0.3) is 0 Å². The molecule has 7 nitrogen and oxygen atoms in total. The highest BCUT2D eigenvalue weighted by Crippen LogP contribution is 2.34. The number of halogens is 4. The lowest BCUT2D eigenvalue weighted by Gasteiger charge is -2.11. The Hall–Kier alpha value is -3.05. The van der Waals surface area contributed by atoms with Gasteiger partial charge in [-0.25, -0.2) is 0 Å². The minimum atomic E-state index is -4.56. The maximum Gasteiger partial charge on any atom is 0.416 e. The van der Waals surface area contributed by atoms with Gasteiger partial charge in [0.15, 0.2) is 5.16 Å². The van der Waals surface area contributed by atoms with E-state index >= 15 is 0 Å². The van der Waals surface area contributed by atoms with Gasteiger partial charge in [0.05, 0.1) is 28.4 Å². The highest BCUT2D eigenvalue weighted by atomic mass is 35.5. The molecule has 1 aromatic heterocycles. The van der Waals surface area contributed by atoms with Crippen LogP contribution in [0.2, 0.25) is 5.02 Å². The van der Waals surface area contributed by atoms with Crippen molar-refractivity contribution >= 4 is 46.6 Å². The van der Waals surface area contributed by atoms with Crippen LogP contribution in [-0.4, -0.2) is 32.3 Å². The van der Waals surface area contributed by atoms with Crippen molar-refractivity contribution in [1.82, 2.24) is 14.8 Å². The predicted octanol–water partition coefficient (Wildman–Crippen LogP) is 4.71. The molecule has 0 aliphatic heterocycles. The Morgan fingerprint density at radius 3 is 2.45 bits per heavy atom. The van der Waals surface area contributed by atoms with E-state index in [9.17, 15) is 22.8 Å². The number of rotatable bonds is 7. The average Bonchev–Trinajstić information content (AvgIpc) is 3.08. The summed E-state index contributed by atoms with van der Waals surface area (Å²) in [5, 5.41) is 13.5. The van der Waals surface area contributed by atoms with Gasteiger partial charge >= 0.3 is 6.18 Å². The number of anilines is 2. The number of hydrogen-bond acceptors (Lipinski definition) is 5. The van der Waals surface area contributed by atoms with Crippen molar-refractivity contribution in [1.29, 1.82) is 0 Å². The number of thioether (sulfide) groups is 1. The standard InChI is InChI=1S/C21H19ClF3N5O2S/c1-12-5-3-4-6-15(12)26-18(31)10-17-28-29-20(30(17)2)33-11-19(32)27-16-9-13(21(23,24)25)7-8-14(16)22/h3-9H,10-11H2,1-2H3,(H,26,31)(H,27,32). The topological polar surface area (TPSA) is 88.9 Å². The zero-order chi connectivity index (χ0) is 24.2. The summed E-state index contributed by atoms with van der Waals surface area (Å²) < 4.78 is 40.2. The molecular weight excluding hydrogens is 479 g/mol. The van der Waals surface area contributed by atoms with Crippen molar-refractivity contribution in [2.75, 3.05) is 16.4 Å². The Morgan fingerprint density at radius 1 is 1.06 bits per heavy atom. The fourth-order valence-corrected chi connectivity index (χ4v) is 3.68. The fraction of sp³-hybridized carbons (Fsp3) is 0.238.